The molecule has 0 unspecified atom stereocenters. The highest BCUT2D eigenvalue weighted by molar-refractivity contribution is 7.89. The minimum atomic E-state index is -3.91. The Balaban J connectivity index is 1.40. The third-order valence-corrected chi connectivity index (χ3v) is 10.3. The van der Waals surface area contributed by atoms with Crippen LogP contribution in [0.1, 0.15) is 55.9 Å². The molecule has 1 aliphatic carbocycles. The van der Waals surface area contributed by atoms with Gasteiger partial charge in [-0.2, -0.15) is 4.31 Å². The number of nitrogens with zero attached hydrogens (tertiary/aromatic N) is 1. The number of rotatable bonds is 14. The first-order valence-corrected chi connectivity index (χ1v) is 16.3. The lowest BCUT2D eigenvalue weighted by atomic mass is 9.88. The molecule has 3 N–H and O–H groups in total. The molecule has 0 saturated carbocycles. The van der Waals surface area contributed by atoms with Gasteiger partial charge < -0.3 is 15.5 Å². The Kier molecular flexibility index (Phi) is 10.4. The third-order valence-electron chi connectivity index (χ3n) is 8.33. The second kappa shape index (κ2) is 13.7. The molecule has 0 aromatic heterocycles. The molecule has 0 saturated heterocycles. The van der Waals surface area contributed by atoms with Crippen molar-refractivity contribution >= 4 is 16.0 Å². The van der Waals surface area contributed by atoms with Crippen molar-refractivity contribution in [3.8, 4) is 11.1 Å². The van der Waals surface area contributed by atoms with Gasteiger partial charge in [-0.1, -0.05) is 43.3 Å². The summed E-state index contributed by atoms with van der Waals surface area (Å²) < 4.78 is 42.3. The van der Waals surface area contributed by atoms with Crippen LogP contribution in [0.5, 0.6) is 0 Å². The molecule has 7 nitrogen and oxygen atoms in total. The van der Waals surface area contributed by atoms with Gasteiger partial charge in [-0.05, 0) is 110 Å². The number of hydrogen-bond acceptors (Lipinski definition) is 5. The minimum absolute atomic E-state index is 0.0670. The van der Waals surface area contributed by atoms with Crippen LogP contribution in [0.3, 0.4) is 0 Å². The van der Waals surface area contributed by atoms with Crippen LogP contribution in [0.4, 0.5) is 4.39 Å². The van der Waals surface area contributed by atoms with E-state index in [1.165, 1.54) is 40.7 Å². The van der Waals surface area contributed by atoms with E-state index in [-0.39, 0.29) is 36.4 Å². The number of aliphatic carboxylic acids is 1. The van der Waals surface area contributed by atoms with Crippen LogP contribution in [-0.2, 0) is 40.5 Å². The fourth-order valence-electron chi connectivity index (χ4n) is 6.18. The third kappa shape index (κ3) is 8.29. The normalized spacial score (nSPS) is 14.7. The van der Waals surface area contributed by atoms with Gasteiger partial charge in [-0.3, -0.25) is 4.79 Å². The van der Waals surface area contributed by atoms with Crippen molar-refractivity contribution in [2.45, 2.75) is 75.8 Å². The van der Waals surface area contributed by atoms with Gasteiger partial charge in [-0.15, -0.1) is 0 Å². The zero-order valence-electron chi connectivity index (χ0n) is 25.4. The Labute approximate surface area is 254 Å². The summed E-state index contributed by atoms with van der Waals surface area (Å²) in [6.07, 6.45) is 2.59. The zero-order chi connectivity index (χ0) is 31.4. The van der Waals surface area contributed by atoms with Crippen LogP contribution in [-0.4, -0.2) is 60.7 Å². The number of carboxylic acid groups (broad SMARTS) is 1. The maximum absolute atomic E-state index is 14.0. The molecule has 3 aromatic carbocycles. The molecule has 0 radical (unpaired) electrons. The number of β-amino-alcohol motifs (C(OH)–C–C–N with tert-alkyl or cyclic N) is 1. The molecule has 4 rings (SSSR count). The van der Waals surface area contributed by atoms with Crippen molar-refractivity contribution in [2.75, 3.05) is 20.1 Å². The summed E-state index contributed by atoms with van der Waals surface area (Å²) >= 11 is 0. The number of hydrogen-bond donors (Lipinski definition) is 3. The summed E-state index contributed by atoms with van der Waals surface area (Å²) in [6, 6.07) is 17.7. The molecule has 232 valence electrons. The second-order valence-corrected chi connectivity index (χ2v) is 14.3. The number of sulfonamides is 1. The van der Waals surface area contributed by atoms with E-state index in [0.717, 1.165) is 19.3 Å². The maximum atomic E-state index is 14.0. The Bertz CT molecular complexity index is 1530. The summed E-state index contributed by atoms with van der Waals surface area (Å²) in [5.41, 5.74) is 5.09. The van der Waals surface area contributed by atoms with Gasteiger partial charge in [0, 0.05) is 32.1 Å². The van der Waals surface area contributed by atoms with Crippen molar-refractivity contribution in [2.24, 2.45) is 5.92 Å². The van der Waals surface area contributed by atoms with Crippen molar-refractivity contribution in [1.29, 1.82) is 0 Å². The van der Waals surface area contributed by atoms with E-state index in [1.54, 1.807) is 18.2 Å². The Morgan fingerprint density at radius 2 is 1.74 bits per heavy atom. The monoisotopic (exact) mass is 610 g/mol. The maximum Gasteiger partial charge on any atom is 0.303 e. The smallest absolute Gasteiger partial charge is 0.303 e. The van der Waals surface area contributed by atoms with Gasteiger partial charge in [0.2, 0.25) is 10.0 Å². The summed E-state index contributed by atoms with van der Waals surface area (Å²) in [6.45, 7) is 6.29. The summed E-state index contributed by atoms with van der Waals surface area (Å²) in [4.78, 5) is 11.3. The number of aryl methyl sites for hydroxylation is 2. The molecule has 9 heteroatoms. The molecule has 0 bridgehead atoms. The van der Waals surface area contributed by atoms with E-state index in [4.69, 9.17) is 5.11 Å². The van der Waals surface area contributed by atoms with Crippen molar-refractivity contribution in [3.05, 3.63) is 88.7 Å². The standard InChI is InChI=1S/C34H43FN2O5S/c1-5-24-18-27(31-13-12-29(35)19-28(31)11-15-33(39)40)10-14-32(24)43(41,42)37(4)22-30(38)21-36-34(2,3)20-23-16-25-8-6-7-9-26(25)17-23/h6-10,12-14,18-19,23,30,36,38H,5,11,15-17,20-22H2,1-4H3,(H,39,40)/t30-/m1/s1. The van der Waals surface area contributed by atoms with E-state index in [0.29, 0.717) is 34.6 Å². The molecule has 0 fully saturated rings. The summed E-state index contributed by atoms with van der Waals surface area (Å²) in [5, 5.41) is 23.4. The molecule has 0 heterocycles. The Hall–Kier alpha value is -3.11. The average molecular weight is 611 g/mol. The molecule has 0 spiro atoms. The summed E-state index contributed by atoms with van der Waals surface area (Å²) in [7, 11) is -2.44. The van der Waals surface area contributed by atoms with Crippen LogP contribution < -0.4 is 5.32 Å². The van der Waals surface area contributed by atoms with Gasteiger partial charge in [0.05, 0.1) is 11.0 Å². The predicted octanol–water partition coefficient (Wildman–Crippen LogP) is 5.23. The van der Waals surface area contributed by atoms with E-state index in [2.05, 4.69) is 43.4 Å². The van der Waals surface area contributed by atoms with E-state index >= 15 is 0 Å². The highest BCUT2D eigenvalue weighted by Gasteiger charge is 2.30. The van der Waals surface area contributed by atoms with E-state index in [1.807, 2.05) is 6.92 Å². The van der Waals surface area contributed by atoms with Crippen LogP contribution in [0, 0.1) is 11.7 Å². The Morgan fingerprint density at radius 1 is 1.07 bits per heavy atom. The SMILES string of the molecule is CCc1cc(-c2ccc(F)cc2CCC(=O)O)ccc1S(=O)(=O)N(C)C[C@H](O)CNC(C)(C)CC1Cc2ccccc2C1. The first kappa shape index (κ1) is 32.8. The number of carboxylic acids is 1. The molecular weight excluding hydrogens is 567 g/mol. The molecule has 1 aliphatic rings. The number of fused-ring (bicyclic) bond motifs is 1. The van der Waals surface area contributed by atoms with Gasteiger partial charge >= 0.3 is 5.97 Å². The topological polar surface area (TPSA) is 107 Å². The first-order chi connectivity index (χ1) is 20.3. The van der Waals surface area contributed by atoms with Crippen molar-refractivity contribution in [1.82, 2.24) is 9.62 Å². The molecule has 43 heavy (non-hydrogen) atoms. The highest BCUT2D eigenvalue weighted by atomic mass is 32.2. The molecule has 0 amide bonds. The second-order valence-electron chi connectivity index (χ2n) is 12.3. The highest BCUT2D eigenvalue weighted by Crippen LogP contribution is 2.33. The lowest BCUT2D eigenvalue weighted by Gasteiger charge is -2.31. The number of halogens is 1. The van der Waals surface area contributed by atoms with E-state index < -0.39 is 27.9 Å². The predicted molar refractivity (Wildman–Crippen MR) is 167 cm³/mol. The fraction of sp³-hybridized carbons (Fsp3) is 0.441. The number of likely N-dealkylation sites (N-methyl/N-ethyl adjacent to an activating group) is 1. The average Bonchev–Trinajstić information content (AvgIpc) is 3.36. The zero-order valence-corrected chi connectivity index (χ0v) is 26.3. The lowest BCUT2D eigenvalue weighted by molar-refractivity contribution is -0.136. The number of benzene rings is 3. The molecule has 1 atom stereocenters. The van der Waals surface area contributed by atoms with Crippen molar-refractivity contribution < 1.29 is 27.8 Å². The van der Waals surface area contributed by atoms with E-state index in [9.17, 15) is 22.7 Å². The van der Waals surface area contributed by atoms with Gasteiger partial charge in [0.25, 0.3) is 0 Å². The summed E-state index contributed by atoms with van der Waals surface area (Å²) in [5.74, 6) is -0.908. The van der Waals surface area contributed by atoms with Gasteiger partial charge in [-0.25, -0.2) is 12.8 Å². The van der Waals surface area contributed by atoms with Crippen LogP contribution in [0.15, 0.2) is 65.6 Å². The lowest BCUT2D eigenvalue weighted by Crippen LogP contribution is -2.47. The first-order valence-electron chi connectivity index (χ1n) is 14.9. The number of nitrogens with one attached hydrogen (secondary N) is 1. The quantitative estimate of drug-likeness (QED) is 0.231. The van der Waals surface area contributed by atoms with Gasteiger partial charge in [0.15, 0.2) is 0 Å². The van der Waals surface area contributed by atoms with Gasteiger partial charge in [0.1, 0.15) is 5.82 Å². The fourth-order valence-corrected chi connectivity index (χ4v) is 7.66. The van der Waals surface area contributed by atoms with Crippen LogP contribution in [0.2, 0.25) is 0 Å². The molecule has 0 aliphatic heterocycles. The van der Waals surface area contributed by atoms with Crippen LogP contribution in [0.25, 0.3) is 11.1 Å². The number of aliphatic hydroxyl groups is 1. The number of carbonyl (C=O) groups is 1. The largest absolute Gasteiger partial charge is 0.481 e. The number of aliphatic hydroxyl groups excluding tert-OH is 1. The van der Waals surface area contributed by atoms with Crippen LogP contribution >= 0.6 is 0 Å². The minimum Gasteiger partial charge on any atom is -0.481 e. The molecule has 3 aromatic rings. The Morgan fingerprint density at radius 3 is 2.37 bits per heavy atom. The van der Waals surface area contributed by atoms with Crippen molar-refractivity contribution in [3.63, 3.8) is 0 Å². The molecular formula is C34H43FN2O5S.